The SMILES string of the molecule is CCS(=O)(=O)NC(CO)COC. The Morgan fingerprint density at radius 1 is 1.58 bits per heavy atom. The Balaban J connectivity index is 4.02. The van der Waals surface area contributed by atoms with Crippen molar-refractivity contribution in [3.05, 3.63) is 0 Å². The van der Waals surface area contributed by atoms with Gasteiger partial charge in [0.1, 0.15) is 0 Å². The number of rotatable bonds is 6. The first-order valence-corrected chi connectivity index (χ1v) is 5.30. The van der Waals surface area contributed by atoms with Crippen LogP contribution >= 0.6 is 0 Å². The van der Waals surface area contributed by atoms with Crippen molar-refractivity contribution in [3.63, 3.8) is 0 Å². The van der Waals surface area contributed by atoms with Crippen molar-refractivity contribution in [2.24, 2.45) is 0 Å². The molecule has 0 aromatic rings. The molecule has 1 unspecified atom stereocenters. The van der Waals surface area contributed by atoms with Gasteiger partial charge in [-0.2, -0.15) is 0 Å². The molecule has 0 rings (SSSR count). The highest BCUT2D eigenvalue weighted by Crippen LogP contribution is 1.89. The standard InChI is InChI=1S/C6H15NO4S/c1-3-12(9,10)7-6(4-8)5-11-2/h6-8H,3-5H2,1-2H3. The molecule has 6 heteroatoms. The van der Waals surface area contributed by atoms with Gasteiger partial charge in [-0.25, -0.2) is 13.1 Å². The molecule has 0 aromatic carbocycles. The van der Waals surface area contributed by atoms with Gasteiger partial charge in [0.05, 0.1) is 25.0 Å². The number of ether oxygens (including phenoxy) is 1. The summed E-state index contributed by atoms with van der Waals surface area (Å²) in [6, 6.07) is -0.542. The maximum Gasteiger partial charge on any atom is 0.211 e. The van der Waals surface area contributed by atoms with Gasteiger partial charge in [0.25, 0.3) is 0 Å². The van der Waals surface area contributed by atoms with Crippen LogP contribution in [0.5, 0.6) is 0 Å². The molecule has 74 valence electrons. The summed E-state index contributed by atoms with van der Waals surface area (Å²) in [6.45, 7) is 1.45. The predicted octanol–water partition coefficient (Wildman–Crippen LogP) is -1.07. The maximum atomic E-state index is 11.0. The van der Waals surface area contributed by atoms with Crippen LogP contribution in [0.15, 0.2) is 0 Å². The lowest BCUT2D eigenvalue weighted by Gasteiger charge is -2.14. The molecular formula is C6H15NO4S. The zero-order valence-corrected chi connectivity index (χ0v) is 8.10. The molecule has 1 atom stereocenters. The average Bonchev–Trinajstić information content (AvgIpc) is 2.03. The molecule has 12 heavy (non-hydrogen) atoms. The Labute approximate surface area is 72.8 Å². The third-order valence-electron chi connectivity index (χ3n) is 1.31. The smallest absolute Gasteiger partial charge is 0.211 e. The van der Waals surface area contributed by atoms with Crippen LogP contribution in [0.2, 0.25) is 0 Å². The van der Waals surface area contributed by atoms with Crippen LogP contribution in [0.3, 0.4) is 0 Å². The third-order valence-corrected chi connectivity index (χ3v) is 2.77. The van der Waals surface area contributed by atoms with Crippen LogP contribution in [-0.4, -0.2) is 45.6 Å². The number of sulfonamides is 1. The van der Waals surface area contributed by atoms with Crippen molar-refractivity contribution < 1.29 is 18.3 Å². The van der Waals surface area contributed by atoms with Crippen LogP contribution in [0.1, 0.15) is 6.92 Å². The van der Waals surface area contributed by atoms with Gasteiger partial charge in [-0.15, -0.1) is 0 Å². The minimum Gasteiger partial charge on any atom is -0.395 e. The van der Waals surface area contributed by atoms with Gasteiger partial charge in [0.15, 0.2) is 0 Å². The number of aliphatic hydroxyl groups is 1. The second-order valence-corrected chi connectivity index (χ2v) is 4.40. The summed E-state index contributed by atoms with van der Waals surface area (Å²) in [5.74, 6) is 0.00716. The highest BCUT2D eigenvalue weighted by molar-refractivity contribution is 7.89. The second-order valence-electron chi connectivity index (χ2n) is 2.36. The van der Waals surface area contributed by atoms with Gasteiger partial charge in [-0.05, 0) is 6.92 Å². The zero-order chi connectivity index (χ0) is 9.61. The molecule has 0 radical (unpaired) electrons. The Kier molecular flexibility index (Phi) is 5.39. The van der Waals surface area contributed by atoms with Crippen molar-refractivity contribution in [2.75, 3.05) is 26.1 Å². The summed E-state index contributed by atoms with van der Waals surface area (Å²) in [7, 11) is -1.80. The third kappa shape index (κ3) is 4.66. The molecule has 0 spiro atoms. The summed E-state index contributed by atoms with van der Waals surface area (Å²) in [5.41, 5.74) is 0. The van der Waals surface area contributed by atoms with E-state index in [0.717, 1.165) is 0 Å². The molecule has 0 bridgehead atoms. The molecule has 5 nitrogen and oxygen atoms in total. The number of nitrogens with one attached hydrogen (secondary N) is 1. The van der Waals surface area contributed by atoms with Crippen molar-refractivity contribution in [1.82, 2.24) is 4.72 Å². The number of hydrogen-bond donors (Lipinski definition) is 2. The molecule has 0 saturated heterocycles. The quantitative estimate of drug-likeness (QED) is 0.568. The number of aliphatic hydroxyl groups excluding tert-OH is 1. The minimum atomic E-state index is -3.24. The summed E-state index contributed by atoms with van der Waals surface area (Å²) < 4.78 is 28.9. The molecule has 0 amide bonds. The van der Waals surface area contributed by atoms with Crippen molar-refractivity contribution in [3.8, 4) is 0 Å². The molecule has 0 aliphatic rings. The first-order chi connectivity index (χ1) is 5.55. The van der Waals surface area contributed by atoms with Gasteiger partial charge in [-0.3, -0.25) is 0 Å². The van der Waals surface area contributed by atoms with E-state index >= 15 is 0 Å². The van der Waals surface area contributed by atoms with Gasteiger partial charge >= 0.3 is 0 Å². The summed E-state index contributed by atoms with van der Waals surface area (Å²) in [4.78, 5) is 0. The fraction of sp³-hybridized carbons (Fsp3) is 1.00. The van der Waals surface area contributed by atoms with E-state index in [2.05, 4.69) is 4.72 Å². The topological polar surface area (TPSA) is 75.6 Å². The fourth-order valence-electron chi connectivity index (χ4n) is 0.662. The van der Waals surface area contributed by atoms with E-state index in [1.165, 1.54) is 14.0 Å². The highest BCUT2D eigenvalue weighted by Gasteiger charge is 2.14. The lowest BCUT2D eigenvalue weighted by atomic mass is 10.4. The first-order valence-electron chi connectivity index (χ1n) is 3.65. The van der Waals surface area contributed by atoms with E-state index in [1.54, 1.807) is 0 Å². The van der Waals surface area contributed by atoms with Crippen LogP contribution < -0.4 is 4.72 Å². The molecule has 0 aromatic heterocycles. The number of hydrogen-bond acceptors (Lipinski definition) is 4. The van der Waals surface area contributed by atoms with Gasteiger partial charge in [-0.1, -0.05) is 0 Å². The van der Waals surface area contributed by atoms with Crippen molar-refractivity contribution >= 4 is 10.0 Å². The second kappa shape index (κ2) is 5.47. The molecular weight excluding hydrogens is 182 g/mol. The van der Waals surface area contributed by atoms with Gasteiger partial charge < -0.3 is 9.84 Å². The Morgan fingerprint density at radius 3 is 2.50 bits per heavy atom. The first kappa shape index (κ1) is 11.8. The van der Waals surface area contributed by atoms with Gasteiger partial charge in [0.2, 0.25) is 10.0 Å². The Morgan fingerprint density at radius 2 is 2.17 bits per heavy atom. The van der Waals surface area contributed by atoms with E-state index < -0.39 is 16.1 Å². The summed E-state index contributed by atoms with van der Waals surface area (Å²) in [6.07, 6.45) is 0. The zero-order valence-electron chi connectivity index (χ0n) is 7.28. The van der Waals surface area contributed by atoms with E-state index in [9.17, 15) is 8.42 Å². The van der Waals surface area contributed by atoms with E-state index in [1.807, 2.05) is 0 Å². The average molecular weight is 197 g/mol. The molecule has 0 aliphatic heterocycles. The number of methoxy groups -OCH3 is 1. The molecule has 0 fully saturated rings. The van der Waals surface area contributed by atoms with E-state index in [0.29, 0.717) is 0 Å². The molecule has 0 heterocycles. The molecule has 0 aliphatic carbocycles. The van der Waals surface area contributed by atoms with Crippen LogP contribution in [0.4, 0.5) is 0 Å². The monoisotopic (exact) mass is 197 g/mol. The van der Waals surface area contributed by atoms with Gasteiger partial charge in [0, 0.05) is 7.11 Å². The van der Waals surface area contributed by atoms with Crippen molar-refractivity contribution in [2.45, 2.75) is 13.0 Å². The Hall–Kier alpha value is -0.170. The lowest BCUT2D eigenvalue weighted by Crippen LogP contribution is -2.41. The summed E-state index contributed by atoms with van der Waals surface area (Å²) in [5, 5.41) is 8.71. The van der Waals surface area contributed by atoms with Crippen LogP contribution in [0, 0.1) is 0 Å². The van der Waals surface area contributed by atoms with Crippen molar-refractivity contribution in [1.29, 1.82) is 0 Å². The minimum absolute atomic E-state index is 0.00716. The Bertz CT molecular complexity index is 202. The van der Waals surface area contributed by atoms with E-state index in [-0.39, 0.29) is 19.0 Å². The van der Waals surface area contributed by atoms with Crippen LogP contribution in [0.25, 0.3) is 0 Å². The predicted molar refractivity (Wildman–Crippen MR) is 45.3 cm³/mol. The summed E-state index contributed by atoms with van der Waals surface area (Å²) >= 11 is 0. The van der Waals surface area contributed by atoms with Crippen LogP contribution in [-0.2, 0) is 14.8 Å². The van der Waals surface area contributed by atoms with E-state index in [4.69, 9.17) is 9.84 Å². The fourth-order valence-corrected chi connectivity index (χ4v) is 1.48. The maximum absolute atomic E-state index is 11.0. The largest absolute Gasteiger partial charge is 0.395 e. The normalized spacial score (nSPS) is 14.6. The molecule has 2 N–H and O–H groups in total. The highest BCUT2D eigenvalue weighted by atomic mass is 32.2. The lowest BCUT2D eigenvalue weighted by molar-refractivity contribution is 0.139. The molecule has 0 saturated carbocycles.